The second-order valence-corrected chi connectivity index (χ2v) is 4.27. The molecule has 0 aliphatic heterocycles. The maximum atomic E-state index is 11.4. The van der Waals surface area contributed by atoms with Crippen LogP contribution in [0.3, 0.4) is 0 Å². The molecule has 0 aromatic rings. The van der Waals surface area contributed by atoms with Gasteiger partial charge < -0.3 is 4.74 Å². The molecule has 0 radical (unpaired) electrons. The summed E-state index contributed by atoms with van der Waals surface area (Å²) in [5, 5.41) is 8.67. The summed E-state index contributed by atoms with van der Waals surface area (Å²) in [4.78, 5) is 11.4. The summed E-state index contributed by atoms with van der Waals surface area (Å²) < 4.78 is 4.90. The number of nitrogens with zero attached hydrogens (tertiary/aromatic N) is 1. The Bertz CT molecular complexity index is 239. The van der Waals surface area contributed by atoms with Crippen molar-refractivity contribution in [1.29, 1.82) is 5.26 Å². The monoisotopic (exact) mass is 215 g/mol. The number of nitriles is 1. The van der Waals surface area contributed by atoms with E-state index in [1.165, 1.54) is 0 Å². The lowest BCUT2D eigenvalue weighted by Gasteiger charge is -2.23. The molecule has 0 aromatic carbocycles. The molecule has 0 bridgehead atoms. The lowest BCUT2D eigenvalue weighted by molar-refractivity contribution is -0.151. The van der Waals surface area contributed by atoms with Crippen molar-refractivity contribution in [2.75, 3.05) is 0 Å². The van der Waals surface area contributed by atoms with Gasteiger partial charge in [0, 0.05) is 5.92 Å². The van der Waals surface area contributed by atoms with Crippen molar-refractivity contribution in [1.82, 2.24) is 0 Å². The smallest absolute Gasteiger partial charge is 0.310 e. The first-order valence-corrected chi connectivity index (χ1v) is 5.31. The van der Waals surface area contributed by atoms with Crippen LogP contribution in [-0.2, 0) is 9.53 Å². The molecule has 4 heteroatoms. The van der Waals surface area contributed by atoms with Gasteiger partial charge in [-0.05, 0) is 32.6 Å². The molecule has 1 aliphatic carbocycles. The first-order chi connectivity index (χ1) is 6.63. The molecule has 0 saturated heterocycles. The lowest BCUT2D eigenvalue weighted by atomic mass is 9.83. The van der Waals surface area contributed by atoms with Crippen LogP contribution in [0.5, 0.6) is 0 Å². The van der Waals surface area contributed by atoms with Crippen LogP contribution in [0.1, 0.15) is 32.6 Å². The summed E-state index contributed by atoms with van der Waals surface area (Å²) in [5.41, 5.74) is -0.559. The highest BCUT2D eigenvalue weighted by Crippen LogP contribution is 2.29. The number of ether oxygens (including phenoxy) is 1. The molecule has 0 aromatic heterocycles. The lowest BCUT2D eigenvalue weighted by Crippen LogP contribution is -2.24. The molecule has 1 rings (SSSR count). The summed E-state index contributed by atoms with van der Waals surface area (Å²) in [5.74, 6) is -0.155. The Balaban J connectivity index is 2.35. The van der Waals surface area contributed by atoms with E-state index in [0.29, 0.717) is 0 Å². The molecule has 0 heterocycles. The molecule has 1 aliphatic rings. The van der Waals surface area contributed by atoms with E-state index < -0.39 is 5.56 Å². The van der Waals surface area contributed by atoms with Crippen LogP contribution in [0.2, 0.25) is 0 Å². The average Bonchev–Trinajstić information content (AvgIpc) is 2.17. The maximum absolute atomic E-state index is 11.4. The molecule has 3 nitrogen and oxygen atoms in total. The summed E-state index contributed by atoms with van der Waals surface area (Å²) in [6, 6.07) is 2.23. The third-order valence-corrected chi connectivity index (χ3v) is 2.61. The largest absolute Gasteiger partial charge is 0.446 e. The van der Waals surface area contributed by atoms with Crippen LogP contribution in [0.25, 0.3) is 0 Å². The van der Waals surface area contributed by atoms with Crippen molar-refractivity contribution in [3.8, 4) is 6.07 Å². The van der Waals surface area contributed by atoms with E-state index in [1.807, 2.05) is 0 Å². The summed E-state index contributed by atoms with van der Waals surface area (Å²) in [6.45, 7) is 1.63. The van der Waals surface area contributed by atoms with Crippen LogP contribution >= 0.6 is 11.6 Å². The minimum atomic E-state index is -0.559. The number of carbonyl (C=O) groups excluding carboxylic acids is 1. The number of halogens is 1. The molecule has 0 amide bonds. The minimum Gasteiger partial charge on any atom is -0.446 e. The normalized spacial score (nSPS) is 28.9. The van der Waals surface area contributed by atoms with Gasteiger partial charge in [-0.15, -0.1) is 0 Å². The summed E-state index contributed by atoms with van der Waals surface area (Å²) in [7, 11) is 0. The van der Waals surface area contributed by atoms with Gasteiger partial charge in [0.2, 0.25) is 0 Å². The second-order valence-electron chi connectivity index (χ2n) is 3.66. The molecule has 78 valence electrons. The molecule has 0 spiro atoms. The number of rotatable bonds is 2. The van der Waals surface area contributed by atoms with Crippen LogP contribution in [-0.4, -0.2) is 11.5 Å². The predicted octanol–water partition coefficient (Wildman–Crippen LogP) is 2.44. The first-order valence-electron chi connectivity index (χ1n) is 4.87. The highest BCUT2D eigenvalue weighted by Gasteiger charge is 2.27. The minimum absolute atomic E-state index is 0.0548. The fourth-order valence-electron chi connectivity index (χ4n) is 1.71. The van der Waals surface area contributed by atoms with Crippen LogP contribution in [0.4, 0.5) is 0 Å². The van der Waals surface area contributed by atoms with Gasteiger partial charge >= 0.3 is 5.97 Å². The highest BCUT2D eigenvalue weighted by atomic mass is 35.5. The fourth-order valence-corrected chi connectivity index (χ4v) is 1.80. The zero-order valence-electron chi connectivity index (χ0n) is 8.20. The molecule has 1 saturated carbocycles. The number of alkyl halides is 1. The van der Waals surface area contributed by atoms with Crippen molar-refractivity contribution < 1.29 is 9.53 Å². The standard InChI is InChI=1S/C10H14ClNO2/c1-7(11)14-10(13)9-4-2-8(6-12)3-5-9/h7-9H,2-5H2,1H3/t7?,8-,9-. The van der Waals surface area contributed by atoms with E-state index >= 15 is 0 Å². The molecule has 0 N–H and O–H groups in total. The molecular formula is C10H14ClNO2. The SMILES string of the molecule is CC(Cl)OC(=O)[C@H]1CC[C@H](C#N)CC1. The zero-order chi connectivity index (χ0) is 10.6. The molecule has 1 fully saturated rings. The molecule has 1 atom stereocenters. The maximum Gasteiger partial charge on any atom is 0.310 e. The molecule has 1 unspecified atom stereocenters. The van der Waals surface area contributed by atoms with Gasteiger partial charge in [0.15, 0.2) is 5.56 Å². The Kier molecular flexibility index (Phi) is 4.21. The average molecular weight is 216 g/mol. The fraction of sp³-hybridized carbons (Fsp3) is 0.800. The van der Waals surface area contributed by atoms with Gasteiger partial charge in [0.1, 0.15) is 0 Å². The van der Waals surface area contributed by atoms with Crippen LogP contribution < -0.4 is 0 Å². The van der Waals surface area contributed by atoms with Crippen molar-refractivity contribution in [3.05, 3.63) is 0 Å². The van der Waals surface area contributed by atoms with Crippen molar-refractivity contribution in [2.24, 2.45) is 11.8 Å². The van der Waals surface area contributed by atoms with Gasteiger partial charge in [-0.2, -0.15) is 5.26 Å². The highest BCUT2D eigenvalue weighted by molar-refractivity contribution is 6.19. The van der Waals surface area contributed by atoms with E-state index in [9.17, 15) is 4.79 Å². The quantitative estimate of drug-likeness (QED) is 0.525. The predicted molar refractivity (Wildman–Crippen MR) is 52.5 cm³/mol. The van der Waals surface area contributed by atoms with Gasteiger partial charge in [-0.25, -0.2) is 0 Å². The zero-order valence-corrected chi connectivity index (χ0v) is 8.96. The molecule has 14 heavy (non-hydrogen) atoms. The second kappa shape index (κ2) is 5.21. The van der Waals surface area contributed by atoms with E-state index in [-0.39, 0.29) is 17.8 Å². The number of hydrogen-bond donors (Lipinski definition) is 0. The van der Waals surface area contributed by atoms with Gasteiger partial charge in [-0.1, -0.05) is 11.6 Å². The van der Waals surface area contributed by atoms with Gasteiger partial charge in [0.05, 0.1) is 12.0 Å². The Morgan fingerprint density at radius 1 is 1.50 bits per heavy atom. The number of carbonyl (C=O) groups is 1. The van der Waals surface area contributed by atoms with Gasteiger partial charge in [0.25, 0.3) is 0 Å². The van der Waals surface area contributed by atoms with E-state index in [4.69, 9.17) is 21.6 Å². The van der Waals surface area contributed by atoms with E-state index in [1.54, 1.807) is 6.92 Å². The number of hydrogen-bond acceptors (Lipinski definition) is 3. The van der Waals surface area contributed by atoms with Crippen LogP contribution in [0.15, 0.2) is 0 Å². The third kappa shape index (κ3) is 3.19. The van der Waals surface area contributed by atoms with Crippen molar-refractivity contribution >= 4 is 17.6 Å². The van der Waals surface area contributed by atoms with E-state index in [2.05, 4.69) is 6.07 Å². The van der Waals surface area contributed by atoms with E-state index in [0.717, 1.165) is 25.7 Å². The van der Waals surface area contributed by atoms with Crippen molar-refractivity contribution in [2.45, 2.75) is 38.2 Å². The summed E-state index contributed by atoms with van der Waals surface area (Å²) >= 11 is 5.55. The Morgan fingerprint density at radius 2 is 2.07 bits per heavy atom. The number of esters is 1. The topological polar surface area (TPSA) is 50.1 Å². The molecular weight excluding hydrogens is 202 g/mol. The van der Waals surface area contributed by atoms with Crippen LogP contribution in [0, 0.1) is 23.2 Å². The van der Waals surface area contributed by atoms with Crippen molar-refractivity contribution in [3.63, 3.8) is 0 Å². The Morgan fingerprint density at radius 3 is 2.50 bits per heavy atom. The Hall–Kier alpha value is -0.750. The Labute approximate surface area is 89.0 Å². The van der Waals surface area contributed by atoms with Gasteiger partial charge in [-0.3, -0.25) is 4.79 Å². The third-order valence-electron chi connectivity index (χ3n) is 2.52. The summed E-state index contributed by atoms with van der Waals surface area (Å²) in [6.07, 6.45) is 3.10. The first kappa shape index (κ1) is 11.3.